The van der Waals surface area contributed by atoms with Crippen LogP contribution in [0.15, 0.2) is 30.3 Å². The van der Waals surface area contributed by atoms with E-state index in [0.29, 0.717) is 24.6 Å². The molecular formula is C20H30N2O. The molecule has 1 saturated heterocycles. The number of hydrogen-bond acceptors (Lipinski definition) is 3. The van der Waals surface area contributed by atoms with Crippen molar-refractivity contribution in [3.05, 3.63) is 35.9 Å². The molecule has 5 atom stereocenters. The molecule has 0 spiro atoms. The maximum Gasteiger partial charge on any atom is 0.0474 e. The molecule has 1 heterocycles. The van der Waals surface area contributed by atoms with Gasteiger partial charge >= 0.3 is 0 Å². The average molecular weight is 314 g/mol. The van der Waals surface area contributed by atoms with Gasteiger partial charge in [-0.05, 0) is 49.0 Å². The highest BCUT2D eigenvalue weighted by molar-refractivity contribution is 5.15. The number of likely N-dealkylation sites (tertiary alicyclic amines) is 1. The Hall–Kier alpha value is -0.900. The van der Waals surface area contributed by atoms with Gasteiger partial charge in [-0.15, -0.1) is 0 Å². The van der Waals surface area contributed by atoms with Crippen molar-refractivity contribution in [2.75, 3.05) is 19.7 Å². The van der Waals surface area contributed by atoms with Gasteiger partial charge in [-0.2, -0.15) is 0 Å². The molecule has 1 aromatic carbocycles. The molecular weight excluding hydrogens is 284 g/mol. The Morgan fingerprint density at radius 3 is 2.70 bits per heavy atom. The first-order valence-electron chi connectivity index (χ1n) is 9.46. The van der Waals surface area contributed by atoms with Crippen molar-refractivity contribution < 1.29 is 5.11 Å². The summed E-state index contributed by atoms with van der Waals surface area (Å²) in [4.78, 5) is 2.65. The fourth-order valence-electron chi connectivity index (χ4n) is 5.29. The lowest BCUT2D eigenvalue weighted by Gasteiger charge is -2.28. The first kappa shape index (κ1) is 15.6. The molecule has 2 aliphatic carbocycles. The Bertz CT molecular complexity index is 506. The molecule has 3 nitrogen and oxygen atoms in total. The summed E-state index contributed by atoms with van der Waals surface area (Å²) in [6, 6.07) is 12.1. The van der Waals surface area contributed by atoms with E-state index in [1.54, 1.807) is 0 Å². The van der Waals surface area contributed by atoms with E-state index in [1.807, 2.05) is 0 Å². The fraction of sp³-hybridized carbons (Fsp3) is 0.700. The van der Waals surface area contributed by atoms with Crippen LogP contribution in [0.2, 0.25) is 0 Å². The third-order valence-electron chi connectivity index (χ3n) is 6.50. The van der Waals surface area contributed by atoms with E-state index < -0.39 is 0 Å². The van der Waals surface area contributed by atoms with E-state index in [0.717, 1.165) is 18.4 Å². The van der Waals surface area contributed by atoms with Gasteiger partial charge < -0.3 is 10.4 Å². The molecule has 0 aromatic heterocycles. The second-order valence-electron chi connectivity index (χ2n) is 7.93. The zero-order valence-electron chi connectivity index (χ0n) is 14.0. The van der Waals surface area contributed by atoms with Crippen molar-refractivity contribution in [3.8, 4) is 0 Å². The van der Waals surface area contributed by atoms with Crippen molar-refractivity contribution in [2.45, 2.75) is 50.7 Å². The van der Waals surface area contributed by atoms with E-state index in [9.17, 15) is 5.11 Å². The summed E-state index contributed by atoms with van der Waals surface area (Å²) < 4.78 is 0. The maximum absolute atomic E-state index is 9.56. The van der Waals surface area contributed by atoms with Gasteiger partial charge in [0.15, 0.2) is 0 Å². The molecule has 3 aliphatic rings. The highest BCUT2D eigenvalue weighted by Gasteiger charge is 2.43. The number of benzene rings is 1. The van der Waals surface area contributed by atoms with Crippen LogP contribution in [0.25, 0.3) is 0 Å². The SMILES string of the molecule is OC[C@@H]1CCC[C@@H]1N[C@@H]1CC[C@H]2CN(Cc3ccccc3)C[C@@H]21. The summed E-state index contributed by atoms with van der Waals surface area (Å²) >= 11 is 0. The Morgan fingerprint density at radius 1 is 1.00 bits per heavy atom. The lowest BCUT2D eigenvalue weighted by Crippen LogP contribution is -2.44. The maximum atomic E-state index is 9.56. The number of nitrogens with one attached hydrogen (secondary N) is 1. The Kier molecular flexibility index (Phi) is 4.70. The van der Waals surface area contributed by atoms with Crippen LogP contribution in [-0.2, 0) is 6.54 Å². The summed E-state index contributed by atoms with van der Waals surface area (Å²) in [7, 11) is 0. The van der Waals surface area contributed by atoms with Crippen LogP contribution in [0.3, 0.4) is 0 Å². The predicted molar refractivity (Wildman–Crippen MR) is 93.1 cm³/mol. The highest BCUT2D eigenvalue weighted by atomic mass is 16.3. The van der Waals surface area contributed by atoms with Crippen LogP contribution < -0.4 is 5.32 Å². The zero-order chi connectivity index (χ0) is 15.6. The summed E-state index contributed by atoms with van der Waals surface area (Å²) in [5, 5.41) is 13.5. The van der Waals surface area contributed by atoms with Crippen molar-refractivity contribution in [3.63, 3.8) is 0 Å². The van der Waals surface area contributed by atoms with Gasteiger partial charge in [0.1, 0.15) is 0 Å². The van der Waals surface area contributed by atoms with Gasteiger partial charge in [-0.25, -0.2) is 0 Å². The number of fused-ring (bicyclic) bond motifs is 1. The third kappa shape index (κ3) is 3.33. The molecule has 126 valence electrons. The molecule has 2 N–H and O–H groups in total. The molecule has 1 aromatic rings. The van der Waals surface area contributed by atoms with E-state index in [1.165, 1.54) is 50.8 Å². The molecule has 1 aliphatic heterocycles. The fourth-order valence-corrected chi connectivity index (χ4v) is 5.29. The molecule has 0 radical (unpaired) electrons. The Balaban J connectivity index is 1.34. The lowest BCUT2D eigenvalue weighted by atomic mass is 9.96. The summed E-state index contributed by atoms with van der Waals surface area (Å²) in [5.74, 6) is 2.19. The molecule has 3 heteroatoms. The standard InChI is InChI=1S/C20H30N2O/c23-14-17-7-4-8-19(17)21-20-10-9-16-12-22(13-18(16)20)11-15-5-2-1-3-6-15/h1-3,5-6,16-21,23H,4,7-14H2/t16-,17-,18-,19-,20+/m0/s1. The number of aliphatic hydroxyl groups excluding tert-OH is 1. The van der Waals surface area contributed by atoms with Gasteiger partial charge in [-0.1, -0.05) is 36.8 Å². The van der Waals surface area contributed by atoms with Gasteiger partial charge in [0.2, 0.25) is 0 Å². The number of nitrogens with zero attached hydrogens (tertiary/aromatic N) is 1. The predicted octanol–water partition coefficient (Wildman–Crippen LogP) is 2.65. The quantitative estimate of drug-likeness (QED) is 0.877. The lowest BCUT2D eigenvalue weighted by molar-refractivity contribution is 0.191. The average Bonchev–Trinajstić information content (AvgIpc) is 3.26. The minimum atomic E-state index is 0.360. The summed E-state index contributed by atoms with van der Waals surface area (Å²) in [5.41, 5.74) is 1.44. The largest absolute Gasteiger partial charge is 0.396 e. The van der Waals surface area contributed by atoms with Gasteiger partial charge in [0.25, 0.3) is 0 Å². The first-order chi connectivity index (χ1) is 11.3. The van der Waals surface area contributed by atoms with Crippen LogP contribution in [0.1, 0.15) is 37.7 Å². The van der Waals surface area contributed by atoms with Gasteiger partial charge in [0.05, 0.1) is 0 Å². The van der Waals surface area contributed by atoms with Crippen molar-refractivity contribution in [2.24, 2.45) is 17.8 Å². The topological polar surface area (TPSA) is 35.5 Å². The van der Waals surface area contributed by atoms with E-state index in [-0.39, 0.29) is 0 Å². The van der Waals surface area contributed by atoms with Crippen LogP contribution >= 0.6 is 0 Å². The van der Waals surface area contributed by atoms with Crippen molar-refractivity contribution >= 4 is 0 Å². The van der Waals surface area contributed by atoms with E-state index in [4.69, 9.17) is 0 Å². The molecule has 4 rings (SSSR count). The number of hydrogen-bond donors (Lipinski definition) is 2. The van der Waals surface area contributed by atoms with E-state index >= 15 is 0 Å². The molecule has 0 unspecified atom stereocenters. The smallest absolute Gasteiger partial charge is 0.0474 e. The normalized spacial score (nSPS) is 37.3. The third-order valence-corrected chi connectivity index (χ3v) is 6.50. The Labute approximate surface area is 140 Å². The molecule has 23 heavy (non-hydrogen) atoms. The zero-order valence-corrected chi connectivity index (χ0v) is 14.0. The van der Waals surface area contributed by atoms with Crippen molar-refractivity contribution in [1.82, 2.24) is 10.2 Å². The monoisotopic (exact) mass is 314 g/mol. The summed E-state index contributed by atoms with van der Waals surface area (Å²) in [6.45, 7) is 3.97. The highest BCUT2D eigenvalue weighted by Crippen LogP contribution is 2.40. The Morgan fingerprint density at radius 2 is 1.87 bits per heavy atom. The van der Waals surface area contributed by atoms with Crippen LogP contribution in [0.4, 0.5) is 0 Å². The van der Waals surface area contributed by atoms with E-state index in [2.05, 4.69) is 40.5 Å². The molecule has 3 fully saturated rings. The van der Waals surface area contributed by atoms with Crippen LogP contribution in [0, 0.1) is 17.8 Å². The van der Waals surface area contributed by atoms with Crippen LogP contribution in [0.5, 0.6) is 0 Å². The minimum absolute atomic E-state index is 0.360. The van der Waals surface area contributed by atoms with Gasteiger partial charge in [-0.3, -0.25) is 4.90 Å². The molecule has 0 amide bonds. The van der Waals surface area contributed by atoms with Crippen LogP contribution in [-0.4, -0.2) is 41.8 Å². The molecule has 0 bridgehead atoms. The second-order valence-corrected chi connectivity index (χ2v) is 7.93. The minimum Gasteiger partial charge on any atom is -0.396 e. The number of rotatable bonds is 5. The number of aliphatic hydroxyl groups is 1. The van der Waals surface area contributed by atoms with Crippen molar-refractivity contribution in [1.29, 1.82) is 0 Å². The first-order valence-corrected chi connectivity index (χ1v) is 9.46. The second kappa shape index (κ2) is 6.92. The summed E-state index contributed by atoms with van der Waals surface area (Å²) in [6.07, 6.45) is 6.46. The van der Waals surface area contributed by atoms with Gasteiger partial charge in [0, 0.05) is 38.3 Å². The molecule has 2 saturated carbocycles.